The highest BCUT2D eigenvalue weighted by Gasteiger charge is 2.14. The van der Waals surface area contributed by atoms with E-state index in [1.165, 1.54) is 0 Å². The third-order valence-corrected chi connectivity index (χ3v) is 1.41. The minimum Gasteiger partial charge on any atom is -0.408 e. The van der Waals surface area contributed by atoms with Crippen LogP contribution in [0.3, 0.4) is 0 Å². The summed E-state index contributed by atoms with van der Waals surface area (Å²) in [7, 11) is 0. The molecule has 6 nitrogen and oxygen atoms in total. The lowest BCUT2D eigenvalue weighted by molar-refractivity contribution is -0.125. The molecule has 0 aromatic carbocycles. The van der Waals surface area contributed by atoms with Gasteiger partial charge in [-0.3, -0.25) is 10.1 Å². The Hall–Kier alpha value is -1.43. The molecule has 0 radical (unpaired) electrons. The average molecular weight is 213 g/mol. The fourth-order valence-corrected chi connectivity index (χ4v) is 0.784. The molecule has 0 fully saturated rings. The highest BCUT2D eigenvalue weighted by atomic mass is 16.5. The van der Waals surface area contributed by atoms with Crippen molar-refractivity contribution in [3.63, 3.8) is 0 Å². The maximum absolute atomic E-state index is 11.3. The summed E-state index contributed by atoms with van der Waals surface area (Å²) in [6.07, 6.45) is 0. The molecule has 0 aliphatic heterocycles. The summed E-state index contributed by atoms with van der Waals surface area (Å²) in [6.45, 7) is 7.23. The number of hydrogen-bond donors (Lipinski definition) is 1. The highest BCUT2D eigenvalue weighted by Crippen LogP contribution is 2.07. The van der Waals surface area contributed by atoms with Crippen molar-refractivity contribution >= 4 is 11.9 Å². The summed E-state index contributed by atoms with van der Waals surface area (Å²) in [6, 6.07) is 0.0926. The highest BCUT2D eigenvalue weighted by molar-refractivity contribution is 5.89. The molecule has 1 aromatic heterocycles. The third kappa shape index (κ3) is 4.55. The topological polar surface area (TPSA) is 77.2 Å². The van der Waals surface area contributed by atoms with Gasteiger partial charge in [-0.25, -0.2) is 0 Å². The van der Waals surface area contributed by atoms with Gasteiger partial charge in [0.15, 0.2) is 0 Å². The van der Waals surface area contributed by atoms with Crippen LogP contribution in [0.4, 0.5) is 6.01 Å². The molecule has 1 heterocycles. The van der Waals surface area contributed by atoms with Gasteiger partial charge in [-0.2, -0.15) is 0 Å². The van der Waals surface area contributed by atoms with Crippen molar-refractivity contribution in [1.29, 1.82) is 0 Å². The second kappa shape index (κ2) is 4.39. The van der Waals surface area contributed by atoms with Crippen LogP contribution >= 0.6 is 0 Å². The van der Waals surface area contributed by atoms with E-state index in [-0.39, 0.29) is 24.1 Å². The number of ether oxygens (including phenoxy) is 1. The number of aryl methyl sites for hydroxylation is 1. The molecule has 0 saturated heterocycles. The van der Waals surface area contributed by atoms with Crippen molar-refractivity contribution in [1.82, 2.24) is 10.2 Å². The molecule has 0 spiro atoms. The van der Waals surface area contributed by atoms with Crippen LogP contribution in [0, 0.1) is 6.92 Å². The second-order valence-electron chi connectivity index (χ2n) is 4.08. The number of aromatic nitrogens is 2. The van der Waals surface area contributed by atoms with Crippen molar-refractivity contribution in [2.45, 2.75) is 33.3 Å². The molecule has 0 bridgehead atoms. The zero-order chi connectivity index (χ0) is 11.5. The van der Waals surface area contributed by atoms with Gasteiger partial charge in [0.1, 0.15) is 6.61 Å². The van der Waals surface area contributed by atoms with Crippen LogP contribution in [0.2, 0.25) is 0 Å². The lowest BCUT2D eigenvalue weighted by Gasteiger charge is -2.18. The largest absolute Gasteiger partial charge is 0.408 e. The van der Waals surface area contributed by atoms with Gasteiger partial charge in [-0.15, -0.1) is 5.10 Å². The van der Waals surface area contributed by atoms with Gasteiger partial charge in [0.05, 0.1) is 5.60 Å². The monoisotopic (exact) mass is 213 g/mol. The molecule has 1 N–H and O–H groups in total. The average Bonchev–Trinajstić information content (AvgIpc) is 2.47. The van der Waals surface area contributed by atoms with E-state index >= 15 is 0 Å². The Morgan fingerprint density at radius 1 is 1.47 bits per heavy atom. The number of rotatable bonds is 3. The minimum atomic E-state index is -0.345. The van der Waals surface area contributed by atoms with Crippen molar-refractivity contribution in [3.05, 3.63) is 5.89 Å². The first-order valence-corrected chi connectivity index (χ1v) is 4.61. The predicted octanol–water partition coefficient (Wildman–Crippen LogP) is 1.13. The van der Waals surface area contributed by atoms with Crippen LogP contribution in [-0.2, 0) is 9.53 Å². The van der Waals surface area contributed by atoms with Gasteiger partial charge in [-0.05, 0) is 20.8 Å². The number of carbonyl (C=O) groups is 1. The Kier molecular flexibility index (Phi) is 3.41. The fraction of sp³-hybridized carbons (Fsp3) is 0.667. The summed E-state index contributed by atoms with van der Waals surface area (Å²) in [5.41, 5.74) is -0.345. The molecule has 1 rings (SSSR count). The quantitative estimate of drug-likeness (QED) is 0.814. The van der Waals surface area contributed by atoms with Gasteiger partial charge in [-0.1, -0.05) is 5.10 Å². The number of carbonyl (C=O) groups excluding carboxylic acids is 1. The zero-order valence-electron chi connectivity index (χ0n) is 9.33. The third-order valence-electron chi connectivity index (χ3n) is 1.41. The molecule has 84 valence electrons. The van der Waals surface area contributed by atoms with Crippen molar-refractivity contribution in [2.75, 3.05) is 11.9 Å². The molecule has 0 aliphatic carbocycles. The second-order valence-corrected chi connectivity index (χ2v) is 4.08. The van der Waals surface area contributed by atoms with Crippen LogP contribution in [0.1, 0.15) is 26.7 Å². The Balaban J connectivity index is 2.37. The number of amides is 1. The van der Waals surface area contributed by atoms with Crippen LogP contribution in [-0.4, -0.2) is 28.3 Å². The van der Waals surface area contributed by atoms with E-state index in [0.717, 1.165) is 0 Å². The zero-order valence-corrected chi connectivity index (χ0v) is 9.33. The first-order chi connectivity index (χ1) is 6.87. The summed E-state index contributed by atoms with van der Waals surface area (Å²) < 4.78 is 10.2. The van der Waals surface area contributed by atoms with Gasteiger partial charge >= 0.3 is 6.01 Å². The van der Waals surface area contributed by atoms with Crippen LogP contribution in [0.5, 0.6) is 0 Å². The molecule has 0 unspecified atom stereocenters. The van der Waals surface area contributed by atoms with Crippen LogP contribution in [0.25, 0.3) is 0 Å². The number of nitrogens with one attached hydrogen (secondary N) is 1. The summed E-state index contributed by atoms with van der Waals surface area (Å²) in [5, 5.41) is 9.63. The van der Waals surface area contributed by atoms with Crippen molar-refractivity contribution in [3.8, 4) is 0 Å². The predicted molar refractivity (Wildman–Crippen MR) is 53.4 cm³/mol. The van der Waals surface area contributed by atoms with Gasteiger partial charge in [0.25, 0.3) is 5.91 Å². The number of nitrogens with zero attached hydrogens (tertiary/aromatic N) is 2. The first kappa shape index (κ1) is 11.6. The molecule has 0 atom stereocenters. The fourth-order valence-electron chi connectivity index (χ4n) is 0.784. The lowest BCUT2D eigenvalue weighted by atomic mass is 10.2. The minimum absolute atomic E-state index is 0.0368. The van der Waals surface area contributed by atoms with Gasteiger partial charge < -0.3 is 9.15 Å². The number of anilines is 1. The lowest BCUT2D eigenvalue weighted by Crippen LogP contribution is -2.27. The van der Waals surface area contributed by atoms with E-state index in [1.54, 1.807) is 6.92 Å². The van der Waals surface area contributed by atoms with Crippen LogP contribution < -0.4 is 5.32 Å². The maximum Gasteiger partial charge on any atom is 0.322 e. The van der Waals surface area contributed by atoms with E-state index in [0.29, 0.717) is 5.89 Å². The maximum atomic E-state index is 11.3. The van der Waals surface area contributed by atoms with Gasteiger partial charge in [0.2, 0.25) is 5.89 Å². The Morgan fingerprint density at radius 2 is 2.13 bits per heavy atom. The van der Waals surface area contributed by atoms with E-state index < -0.39 is 0 Å². The Labute approximate surface area is 88.0 Å². The SMILES string of the molecule is Cc1nnc(NC(=O)COC(C)(C)C)o1. The molecule has 1 aromatic rings. The molecular weight excluding hydrogens is 198 g/mol. The van der Waals surface area contributed by atoms with E-state index in [2.05, 4.69) is 15.5 Å². The molecule has 6 heteroatoms. The number of hydrogen-bond acceptors (Lipinski definition) is 5. The van der Waals surface area contributed by atoms with E-state index in [1.807, 2.05) is 20.8 Å². The summed E-state index contributed by atoms with van der Waals surface area (Å²) in [4.78, 5) is 11.3. The molecule has 15 heavy (non-hydrogen) atoms. The Morgan fingerprint density at radius 3 is 2.60 bits per heavy atom. The van der Waals surface area contributed by atoms with Crippen molar-refractivity contribution in [2.24, 2.45) is 0 Å². The molecular formula is C9H15N3O3. The smallest absolute Gasteiger partial charge is 0.322 e. The molecule has 0 saturated carbocycles. The molecule has 0 aliphatic rings. The summed E-state index contributed by atoms with van der Waals surface area (Å²) >= 11 is 0. The standard InChI is InChI=1S/C9H15N3O3/c1-6-11-12-8(15-6)10-7(13)5-14-9(2,3)4/h5H2,1-4H3,(H,10,12,13). The van der Waals surface area contributed by atoms with E-state index in [4.69, 9.17) is 9.15 Å². The van der Waals surface area contributed by atoms with E-state index in [9.17, 15) is 4.79 Å². The first-order valence-electron chi connectivity index (χ1n) is 4.61. The normalized spacial score (nSPS) is 11.5. The van der Waals surface area contributed by atoms with Crippen molar-refractivity contribution < 1.29 is 13.9 Å². The Bertz CT molecular complexity index is 341. The summed E-state index contributed by atoms with van der Waals surface area (Å²) in [5.74, 6) is 0.0932. The van der Waals surface area contributed by atoms with Gasteiger partial charge in [0, 0.05) is 6.92 Å². The molecule has 1 amide bonds. The van der Waals surface area contributed by atoms with Crippen LogP contribution in [0.15, 0.2) is 4.42 Å².